The van der Waals surface area contributed by atoms with Crippen LogP contribution in [0.5, 0.6) is 5.75 Å². The van der Waals surface area contributed by atoms with Crippen molar-refractivity contribution in [1.82, 2.24) is 24.3 Å². The number of nitrogen functional groups attached to an aromatic ring is 1. The molecule has 1 aromatic carbocycles. The Morgan fingerprint density at radius 1 is 1.18 bits per heavy atom. The maximum Gasteiger partial charge on any atom is 0.416 e. The molecule has 168 valence electrons. The van der Waals surface area contributed by atoms with Gasteiger partial charge in [0.2, 0.25) is 0 Å². The van der Waals surface area contributed by atoms with Crippen LogP contribution in [-0.4, -0.2) is 42.8 Å². The number of nitrogens with zero attached hydrogens (tertiary/aromatic N) is 5. The molecule has 2 N–H and O–H groups in total. The quantitative estimate of drug-likeness (QED) is 0.508. The van der Waals surface area contributed by atoms with Crippen molar-refractivity contribution in [3.05, 3.63) is 59.8 Å². The number of pyridine rings is 1. The van der Waals surface area contributed by atoms with Gasteiger partial charge in [0.05, 0.1) is 35.8 Å². The number of rotatable bonds is 3. The van der Waals surface area contributed by atoms with Crippen LogP contribution in [0, 0.1) is 0 Å². The lowest BCUT2D eigenvalue weighted by Gasteiger charge is -2.28. The Kier molecular flexibility index (Phi) is 4.08. The first-order valence-corrected chi connectivity index (χ1v) is 10.3. The first-order valence-electron chi connectivity index (χ1n) is 10.3. The van der Waals surface area contributed by atoms with E-state index in [4.69, 9.17) is 10.5 Å². The summed E-state index contributed by atoms with van der Waals surface area (Å²) in [6, 6.07) is 4.54. The topological polar surface area (TPSA) is 98.6 Å². The molecular formula is C22H17F3N6O2. The molecule has 1 aliphatic carbocycles. The Balaban J connectivity index is 1.39. The molecular weight excluding hydrogens is 437 g/mol. The summed E-state index contributed by atoms with van der Waals surface area (Å²) in [5.41, 5.74) is 7.72. The Bertz CT molecular complexity index is 1430. The fourth-order valence-corrected chi connectivity index (χ4v) is 4.34. The zero-order chi connectivity index (χ0) is 22.9. The van der Waals surface area contributed by atoms with Crippen LogP contribution in [-0.2, 0) is 6.18 Å². The molecule has 1 fully saturated rings. The highest BCUT2D eigenvalue weighted by atomic mass is 19.4. The van der Waals surface area contributed by atoms with Crippen LogP contribution in [0.3, 0.4) is 0 Å². The minimum atomic E-state index is -4.46. The number of benzene rings is 1. The van der Waals surface area contributed by atoms with E-state index in [-0.39, 0.29) is 30.0 Å². The molecule has 11 heteroatoms. The van der Waals surface area contributed by atoms with Gasteiger partial charge in [0.1, 0.15) is 34.9 Å². The molecule has 6 rings (SSSR count). The number of nitrogens with two attached hydrogens (primary N) is 1. The van der Waals surface area contributed by atoms with E-state index >= 15 is 0 Å². The number of carbonyl (C=O) groups excluding carboxylic acids is 1. The summed E-state index contributed by atoms with van der Waals surface area (Å²) >= 11 is 0. The van der Waals surface area contributed by atoms with Crippen LogP contribution in [0.1, 0.15) is 40.5 Å². The number of ether oxygens (including phenoxy) is 1. The monoisotopic (exact) mass is 454 g/mol. The minimum Gasteiger partial charge on any atom is -0.491 e. The van der Waals surface area contributed by atoms with E-state index in [0.717, 1.165) is 25.0 Å². The molecule has 1 aliphatic heterocycles. The average Bonchev–Trinajstić information content (AvgIpc) is 3.32. The Labute approximate surface area is 184 Å². The van der Waals surface area contributed by atoms with Gasteiger partial charge in [-0.25, -0.2) is 15.0 Å². The van der Waals surface area contributed by atoms with Gasteiger partial charge in [-0.05, 0) is 31.0 Å². The van der Waals surface area contributed by atoms with Crippen LogP contribution < -0.4 is 10.5 Å². The van der Waals surface area contributed by atoms with Crippen molar-refractivity contribution in [1.29, 1.82) is 0 Å². The van der Waals surface area contributed by atoms with E-state index in [9.17, 15) is 18.0 Å². The number of aromatic nitrogens is 4. The lowest BCUT2D eigenvalue weighted by Crippen LogP contribution is -2.38. The molecule has 1 amide bonds. The Morgan fingerprint density at radius 3 is 2.76 bits per heavy atom. The van der Waals surface area contributed by atoms with Crippen LogP contribution in [0.4, 0.5) is 19.0 Å². The van der Waals surface area contributed by atoms with Crippen LogP contribution in [0.2, 0.25) is 0 Å². The van der Waals surface area contributed by atoms with Gasteiger partial charge in [-0.1, -0.05) is 6.07 Å². The minimum absolute atomic E-state index is 0.0188. The van der Waals surface area contributed by atoms with Gasteiger partial charge in [0.15, 0.2) is 0 Å². The summed E-state index contributed by atoms with van der Waals surface area (Å²) in [6.07, 6.45) is 1.82. The highest BCUT2D eigenvalue weighted by Gasteiger charge is 2.43. The van der Waals surface area contributed by atoms with Gasteiger partial charge in [0, 0.05) is 11.6 Å². The van der Waals surface area contributed by atoms with Crippen molar-refractivity contribution in [2.45, 2.75) is 31.1 Å². The number of hydrogen-bond donors (Lipinski definition) is 1. The molecule has 4 aromatic rings. The summed E-state index contributed by atoms with van der Waals surface area (Å²) in [5.74, 6) is 0.142. The van der Waals surface area contributed by atoms with Crippen molar-refractivity contribution in [3.8, 4) is 5.75 Å². The van der Waals surface area contributed by atoms with Crippen LogP contribution in [0.15, 0.2) is 43.0 Å². The molecule has 8 nitrogen and oxygen atoms in total. The number of fused-ring (bicyclic) bond motifs is 4. The smallest absolute Gasteiger partial charge is 0.416 e. The third kappa shape index (κ3) is 3.14. The number of anilines is 1. The van der Waals surface area contributed by atoms with Crippen LogP contribution >= 0.6 is 0 Å². The fourth-order valence-electron chi connectivity index (χ4n) is 4.34. The van der Waals surface area contributed by atoms with Crippen LogP contribution in [0.25, 0.3) is 16.6 Å². The van der Waals surface area contributed by atoms with Crippen molar-refractivity contribution < 1.29 is 22.7 Å². The van der Waals surface area contributed by atoms with E-state index in [1.54, 1.807) is 27.9 Å². The summed E-state index contributed by atoms with van der Waals surface area (Å²) in [4.78, 5) is 28.0. The molecule has 3 aromatic heterocycles. The molecule has 0 saturated heterocycles. The van der Waals surface area contributed by atoms with E-state index < -0.39 is 17.8 Å². The number of hydrogen-bond acceptors (Lipinski definition) is 6. The van der Waals surface area contributed by atoms with Gasteiger partial charge in [0.25, 0.3) is 5.91 Å². The maximum absolute atomic E-state index is 13.6. The first kappa shape index (κ1) is 19.8. The Hall–Kier alpha value is -3.89. The normalized spacial score (nSPS) is 17.8. The van der Waals surface area contributed by atoms with Crippen molar-refractivity contribution in [2.24, 2.45) is 0 Å². The molecule has 0 radical (unpaired) electrons. The lowest BCUT2D eigenvalue weighted by atomic mass is 10.0. The number of alkyl halides is 3. The summed E-state index contributed by atoms with van der Waals surface area (Å²) in [6.45, 7) is 0.0936. The second-order valence-electron chi connectivity index (χ2n) is 8.22. The number of imidazole rings is 1. The van der Waals surface area contributed by atoms with E-state index in [1.807, 2.05) is 0 Å². The first-order chi connectivity index (χ1) is 15.8. The Morgan fingerprint density at radius 2 is 2.00 bits per heavy atom. The highest BCUT2D eigenvalue weighted by Crippen LogP contribution is 2.44. The SMILES string of the molecule is Nc1nc2cnc(C(=O)N(C3CC3)[C@H]3COc4cc(C(F)(F)F)ccc43)cc2n2cncc12. The highest BCUT2D eigenvalue weighted by molar-refractivity contribution is 5.96. The van der Waals surface area contributed by atoms with E-state index in [1.165, 1.54) is 12.3 Å². The second kappa shape index (κ2) is 6.80. The molecule has 4 heterocycles. The third-order valence-corrected chi connectivity index (χ3v) is 6.09. The zero-order valence-corrected chi connectivity index (χ0v) is 17.1. The molecule has 0 bridgehead atoms. The molecule has 33 heavy (non-hydrogen) atoms. The largest absolute Gasteiger partial charge is 0.491 e. The standard InChI is InChI=1S/C22H17F3N6O2/c23-22(24,25)11-1-4-13-18(9-33-19(13)5-11)31(12-2-3-12)21(32)14-6-16-15(7-28-14)29-20(26)17-8-27-10-30(16)17/h1,4-8,10,12,18H,2-3,9H2,(H2,26,29)/t18-/m0/s1. The molecule has 2 aliphatic rings. The van der Waals surface area contributed by atoms with Crippen molar-refractivity contribution in [2.75, 3.05) is 12.3 Å². The van der Waals surface area contributed by atoms with E-state index in [2.05, 4.69) is 15.0 Å². The lowest BCUT2D eigenvalue weighted by molar-refractivity contribution is -0.137. The molecule has 0 unspecified atom stereocenters. The summed E-state index contributed by atoms with van der Waals surface area (Å²) < 4.78 is 46.6. The van der Waals surface area contributed by atoms with Crippen molar-refractivity contribution >= 4 is 28.3 Å². The predicted molar refractivity (Wildman–Crippen MR) is 112 cm³/mol. The molecule has 1 atom stereocenters. The molecule has 0 spiro atoms. The average molecular weight is 454 g/mol. The predicted octanol–water partition coefficient (Wildman–Crippen LogP) is 3.62. The third-order valence-electron chi connectivity index (χ3n) is 6.09. The van der Waals surface area contributed by atoms with Gasteiger partial charge in [-0.15, -0.1) is 0 Å². The van der Waals surface area contributed by atoms with E-state index in [0.29, 0.717) is 27.9 Å². The van der Waals surface area contributed by atoms with Gasteiger partial charge in [-0.2, -0.15) is 13.2 Å². The number of amides is 1. The number of halogens is 3. The zero-order valence-electron chi connectivity index (χ0n) is 17.1. The maximum atomic E-state index is 13.6. The molecule has 1 saturated carbocycles. The fraction of sp³-hybridized carbons (Fsp3) is 0.273. The van der Waals surface area contributed by atoms with Crippen molar-refractivity contribution in [3.63, 3.8) is 0 Å². The van der Waals surface area contributed by atoms with Gasteiger partial charge in [-0.3, -0.25) is 9.20 Å². The summed E-state index contributed by atoms with van der Waals surface area (Å²) in [5, 5.41) is 0. The number of carbonyl (C=O) groups is 1. The second-order valence-corrected chi connectivity index (χ2v) is 8.22. The summed E-state index contributed by atoms with van der Waals surface area (Å²) in [7, 11) is 0. The van der Waals surface area contributed by atoms with Gasteiger partial charge >= 0.3 is 6.18 Å². The van der Waals surface area contributed by atoms with Gasteiger partial charge < -0.3 is 15.4 Å².